The number of hydrogen-bond acceptors (Lipinski definition) is 4. The largest absolute Gasteiger partial charge is 0.332 e. The van der Waals surface area contributed by atoms with Crippen LogP contribution in [0.4, 0.5) is 0 Å². The predicted octanol–water partition coefficient (Wildman–Crippen LogP) is 0.383. The summed E-state index contributed by atoms with van der Waals surface area (Å²) >= 11 is 0. The average molecular weight is 323 g/mol. The van der Waals surface area contributed by atoms with E-state index < -0.39 is 5.54 Å². The van der Waals surface area contributed by atoms with E-state index in [1.165, 1.54) is 4.90 Å². The van der Waals surface area contributed by atoms with E-state index in [4.69, 9.17) is 0 Å². The van der Waals surface area contributed by atoms with Crippen LogP contribution in [-0.2, 0) is 19.2 Å². The summed E-state index contributed by atoms with van der Waals surface area (Å²) in [6, 6.07) is 0.0783. The van der Waals surface area contributed by atoms with Crippen LogP contribution in [0.2, 0.25) is 0 Å². The molecule has 23 heavy (non-hydrogen) atoms. The highest BCUT2D eigenvalue weighted by molar-refractivity contribution is 6.02. The number of carbonyl (C=O) groups is 4. The van der Waals surface area contributed by atoms with E-state index in [9.17, 15) is 19.2 Å². The molecule has 0 aromatic rings. The van der Waals surface area contributed by atoms with E-state index in [0.29, 0.717) is 6.54 Å². The van der Waals surface area contributed by atoms with E-state index in [0.717, 1.165) is 4.90 Å². The van der Waals surface area contributed by atoms with Crippen molar-refractivity contribution in [3.05, 3.63) is 0 Å². The maximum atomic E-state index is 12.4. The molecule has 0 bridgehead atoms. The molecule has 0 N–H and O–H groups in total. The molecule has 4 amide bonds. The molecule has 0 aliphatic carbocycles. The number of imide groups is 1. The molecular weight excluding hydrogens is 298 g/mol. The molecule has 2 fully saturated rings. The van der Waals surface area contributed by atoms with Gasteiger partial charge < -0.3 is 9.80 Å². The lowest BCUT2D eigenvalue weighted by Gasteiger charge is -2.48. The standard InChI is InChI=1S/C16H25N3O4/c1-11(2)19-15(23)9-17(10-16(19,3)4)12(20)7-8-18-13(21)5-6-14(18)22/h11H,5-10H2,1-4H3. The first-order valence-corrected chi connectivity index (χ1v) is 8.06. The van der Waals surface area contributed by atoms with Crippen molar-refractivity contribution in [2.75, 3.05) is 19.6 Å². The van der Waals surface area contributed by atoms with Gasteiger partial charge in [0.05, 0.1) is 12.1 Å². The molecule has 0 radical (unpaired) electrons. The second-order valence-corrected chi connectivity index (χ2v) is 7.11. The van der Waals surface area contributed by atoms with Crippen LogP contribution < -0.4 is 0 Å². The quantitative estimate of drug-likeness (QED) is 0.701. The lowest BCUT2D eigenvalue weighted by Crippen LogP contribution is -2.65. The third-order valence-corrected chi connectivity index (χ3v) is 4.40. The Morgan fingerprint density at radius 3 is 2.13 bits per heavy atom. The lowest BCUT2D eigenvalue weighted by molar-refractivity contribution is -0.156. The Balaban J connectivity index is 1.97. The van der Waals surface area contributed by atoms with Crippen LogP contribution in [0.3, 0.4) is 0 Å². The smallest absolute Gasteiger partial charge is 0.242 e. The third-order valence-electron chi connectivity index (χ3n) is 4.40. The highest BCUT2D eigenvalue weighted by Crippen LogP contribution is 2.25. The monoisotopic (exact) mass is 323 g/mol. The van der Waals surface area contributed by atoms with E-state index in [1.54, 1.807) is 0 Å². The molecule has 0 spiro atoms. The Hall–Kier alpha value is -1.92. The van der Waals surface area contributed by atoms with Crippen molar-refractivity contribution >= 4 is 23.6 Å². The summed E-state index contributed by atoms with van der Waals surface area (Å²) in [6.45, 7) is 8.43. The first-order chi connectivity index (χ1) is 10.6. The van der Waals surface area contributed by atoms with Gasteiger partial charge in [-0.2, -0.15) is 0 Å². The number of rotatable bonds is 4. The van der Waals surface area contributed by atoms with Crippen molar-refractivity contribution in [3.63, 3.8) is 0 Å². The molecule has 0 saturated carbocycles. The molecule has 2 aliphatic heterocycles. The number of nitrogens with zero attached hydrogens (tertiary/aromatic N) is 3. The molecule has 2 saturated heterocycles. The number of piperazine rings is 1. The fourth-order valence-electron chi connectivity index (χ4n) is 3.58. The van der Waals surface area contributed by atoms with Crippen molar-refractivity contribution in [1.82, 2.24) is 14.7 Å². The van der Waals surface area contributed by atoms with Gasteiger partial charge in [-0.1, -0.05) is 0 Å². The summed E-state index contributed by atoms with van der Waals surface area (Å²) in [4.78, 5) is 52.4. The summed E-state index contributed by atoms with van der Waals surface area (Å²) in [5.74, 6) is -0.701. The molecular formula is C16H25N3O4. The summed E-state index contributed by atoms with van der Waals surface area (Å²) in [7, 11) is 0. The van der Waals surface area contributed by atoms with Gasteiger partial charge in [0.2, 0.25) is 23.6 Å². The minimum absolute atomic E-state index is 0.0579. The SMILES string of the molecule is CC(C)N1C(=O)CN(C(=O)CCN2C(=O)CCC2=O)CC1(C)C. The molecule has 2 heterocycles. The zero-order valence-electron chi connectivity index (χ0n) is 14.3. The fourth-order valence-corrected chi connectivity index (χ4v) is 3.58. The van der Waals surface area contributed by atoms with Crippen LogP contribution in [0.1, 0.15) is 47.0 Å². The fraction of sp³-hybridized carbons (Fsp3) is 0.750. The van der Waals surface area contributed by atoms with Gasteiger partial charge >= 0.3 is 0 Å². The Morgan fingerprint density at radius 2 is 1.65 bits per heavy atom. The summed E-state index contributed by atoms with van der Waals surface area (Å²) in [6.07, 6.45) is 0.528. The van der Waals surface area contributed by atoms with Crippen LogP contribution in [-0.4, -0.2) is 69.5 Å². The topological polar surface area (TPSA) is 78.0 Å². The molecule has 7 nitrogen and oxygen atoms in total. The molecule has 0 atom stereocenters. The molecule has 2 aliphatic rings. The summed E-state index contributed by atoms with van der Waals surface area (Å²) in [5, 5.41) is 0. The molecule has 7 heteroatoms. The molecule has 128 valence electrons. The Labute approximate surface area is 136 Å². The Kier molecular flexibility index (Phi) is 4.77. The number of hydrogen-bond donors (Lipinski definition) is 0. The van der Waals surface area contributed by atoms with Crippen molar-refractivity contribution in [3.8, 4) is 0 Å². The van der Waals surface area contributed by atoms with E-state index in [-0.39, 0.29) is 62.0 Å². The predicted molar refractivity (Wildman–Crippen MR) is 83.2 cm³/mol. The number of amides is 4. The van der Waals surface area contributed by atoms with Crippen molar-refractivity contribution in [2.45, 2.75) is 58.5 Å². The van der Waals surface area contributed by atoms with Crippen LogP contribution >= 0.6 is 0 Å². The summed E-state index contributed by atoms with van der Waals surface area (Å²) in [5.41, 5.74) is -0.432. The molecule has 0 aromatic heterocycles. The van der Waals surface area contributed by atoms with Gasteiger partial charge in [-0.3, -0.25) is 24.1 Å². The molecule has 0 aromatic carbocycles. The van der Waals surface area contributed by atoms with Gasteiger partial charge in [-0.25, -0.2) is 0 Å². The van der Waals surface area contributed by atoms with Gasteiger partial charge in [0.1, 0.15) is 0 Å². The van der Waals surface area contributed by atoms with Crippen molar-refractivity contribution in [2.24, 2.45) is 0 Å². The van der Waals surface area contributed by atoms with E-state index >= 15 is 0 Å². The first kappa shape index (κ1) is 17.4. The molecule has 0 unspecified atom stereocenters. The van der Waals surface area contributed by atoms with Gasteiger partial charge in [0, 0.05) is 38.4 Å². The highest BCUT2D eigenvalue weighted by atomic mass is 16.2. The van der Waals surface area contributed by atoms with Gasteiger partial charge in [0.15, 0.2) is 0 Å². The highest BCUT2D eigenvalue weighted by Gasteiger charge is 2.41. The summed E-state index contributed by atoms with van der Waals surface area (Å²) < 4.78 is 0. The average Bonchev–Trinajstić information content (AvgIpc) is 2.73. The normalized spacial score (nSPS) is 21.6. The zero-order chi connectivity index (χ0) is 17.4. The van der Waals surface area contributed by atoms with Crippen LogP contribution in [0, 0.1) is 0 Å². The minimum atomic E-state index is -0.432. The van der Waals surface area contributed by atoms with Gasteiger partial charge in [0.25, 0.3) is 0 Å². The zero-order valence-corrected chi connectivity index (χ0v) is 14.3. The molecule has 2 rings (SSSR count). The second kappa shape index (κ2) is 6.29. The third kappa shape index (κ3) is 3.54. The Bertz CT molecular complexity index is 525. The number of carbonyl (C=O) groups excluding carboxylic acids is 4. The van der Waals surface area contributed by atoms with Gasteiger partial charge in [-0.05, 0) is 27.7 Å². The second-order valence-electron chi connectivity index (χ2n) is 7.11. The Morgan fingerprint density at radius 1 is 1.09 bits per heavy atom. The minimum Gasteiger partial charge on any atom is -0.332 e. The maximum absolute atomic E-state index is 12.4. The van der Waals surface area contributed by atoms with Crippen LogP contribution in [0.25, 0.3) is 0 Å². The van der Waals surface area contributed by atoms with E-state index in [2.05, 4.69) is 0 Å². The van der Waals surface area contributed by atoms with Crippen LogP contribution in [0.5, 0.6) is 0 Å². The van der Waals surface area contributed by atoms with E-state index in [1.807, 2.05) is 32.6 Å². The lowest BCUT2D eigenvalue weighted by atomic mass is 9.96. The van der Waals surface area contributed by atoms with Crippen molar-refractivity contribution in [1.29, 1.82) is 0 Å². The number of likely N-dealkylation sites (tertiary alicyclic amines) is 1. The van der Waals surface area contributed by atoms with Crippen LogP contribution in [0.15, 0.2) is 0 Å². The van der Waals surface area contributed by atoms with Gasteiger partial charge in [-0.15, -0.1) is 0 Å². The van der Waals surface area contributed by atoms with Crippen molar-refractivity contribution < 1.29 is 19.2 Å². The first-order valence-electron chi connectivity index (χ1n) is 8.06. The maximum Gasteiger partial charge on any atom is 0.242 e.